The molecule has 0 saturated carbocycles. The number of benzene rings is 2. The number of nitrogens with zero attached hydrogens (tertiary/aromatic N) is 1. The Hall–Kier alpha value is -2.87. The third-order valence-electron chi connectivity index (χ3n) is 5.49. The molecule has 8 heteroatoms. The number of halogens is 3. The third kappa shape index (κ3) is 6.07. The molecule has 1 heterocycles. The van der Waals surface area contributed by atoms with Crippen molar-refractivity contribution in [2.24, 2.45) is 5.92 Å². The standard InChI is InChI=1S/C23H25F3N2O3/c24-23(25,26)20-8-6-17(7-9-20)19-12-16(13-21(30)18-4-2-1-3-5-18)14-28(15-19)22(31)27-10-11-29/h1-9,16,19,29H,10-15H2,(H,27,31). The molecule has 0 spiro atoms. The van der Waals surface area contributed by atoms with Gasteiger partial charge in [0.25, 0.3) is 0 Å². The van der Waals surface area contributed by atoms with Crippen molar-refractivity contribution < 1.29 is 27.9 Å². The van der Waals surface area contributed by atoms with E-state index in [4.69, 9.17) is 5.11 Å². The molecule has 3 rings (SSSR count). The predicted octanol–water partition coefficient (Wildman–Crippen LogP) is 4.09. The van der Waals surface area contributed by atoms with E-state index in [9.17, 15) is 22.8 Å². The number of likely N-dealkylation sites (tertiary alicyclic amines) is 1. The van der Waals surface area contributed by atoms with Crippen LogP contribution in [0.4, 0.5) is 18.0 Å². The fourth-order valence-corrected chi connectivity index (χ4v) is 3.98. The molecule has 0 bridgehead atoms. The maximum Gasteiger partial charge on any atom is 0.416 e. The van der Waals surface area contributed by atoms with Crippen LogP contribution in [0.3, 0.4) is 0 Å². The number of Topliss-reactive ketones (excluding diaryl/α,β-unsaturated/α-hetero) is 1. The Kier molecular flexibility index (Phi) is 7.33. The minimum absolute atomic E-state index is 0.0330. The highest BCUT2D eigenvalue weighted by Gasteiger charge is 2.34. The zero-order chi connectivity index (χ0) is 22.4. The average Bonchev–Trinajstić information content (AvgIpc) is 2.77. The lowest BCUT2D eigenvalue weighted by atomic mass is 9.81. The van der Waals surface area contributed by atoms with Crippen LogP contribution in [0.25, 0.3) is 0 Å². The fraction of sp³-hybridized carbons (Fsp3) is 0.391. The topological polar surface area (TPSA) is 69.6 Å². The summed E-state index contributed by atoms with van der Waals surface area (Å²) in [6.07, 6.45) is -3.58. The molecular formula is C23H25F3N2O3. The van der Waals surface area contributed by atoms with E-state index in [-0.39, 0.29) is 43.2 Å². The normalized spacial score (nSPS) is 19.2. The highest BCUT2D eigenvalue weighted by molar-refractivity contribution is 5.96. The molecule has 2 unspecified atom stereocenters. The Bertz CT molecular complexity index is 885. The van der Waals surface area contributed by atoms with E-state index in [0.717, 1.165) is 12.1 Å². The Morgan fingerprint density at radius 2 is 1.71 bits per heavy atom. The van der Waals surface area contributed by atoms with E-state index in [0.29, 0.717) is 30.6 Å². The predicted molar refractivity (Wildman–Crippen MR) is 110 cm³/mol. The first-order valence-corrected chi connectivity index (χ1v) is 10.2. The van der Waals surface area contributed by atoms with Gasteiger partial charge >= 0.3 is 12.2 Å². The van der Waals surface area contributed by atoms with Crippen LogP contribution in [0.2, 0.25) is 0 Å². The molecule has 31 heavy (non-hydrogen) atoms. The van der Waals surface area contributed by atoms with Gasteiger partial charge < -0.3 is 15.3 Å². The van der Waals surface area contributed by atoms with Gasteiger partial charge in [0, 0.05) is 37.5 Å². The number of piperidine rings is 1. The number of carbonyl (C=O) groups is 2. The second kappa shape index (κ2) is 9.96. The van der Waals surface area contributed by atoms with Crippen molar-refractivity contribution in [3.63, 3.8) is 0 Å². The number of aliphatic hydroxyl groups excluding tert-OH is 1. The van der Waals surface area contributed by atoms with E-state index < -0.39 is 11.7 Å². The van der Waals surface area contributed by atoms with Crippen molar-refractivity contribution >= 4 is 11.8 Å². The Balaban J connectivity index is 1.78. The van der Waals surface area contributed by atoms with Crippen LogP contribution < -0.4 is 5.32 Å². The van der Waals surface area contributed by atoms with Gasteiger partial charge in [-0.25, -0.2) is 4.79 Å². The van der Waals surface area contributed by atoms with Gasteiger partial charge in [-0.1, -0.05) is 42.5 Å². The van der Waals surface area contributed by atoms with E-state index in [1.807, 2.05) is 6.07 Å². The van der Waals surface area contributed by atoms with Crippen LogP contribution >= 0.6 is 0 Å². The number of ketones is 1. The van der Waals surface area contributed by atoms with Crippen LogP contribution in [-0.2, 0) is 6.18 Å². The van der Waals surface area contributed by atoms with Gasteiger partial charge in [0.1, 0.15) is 0 Å². The zero-order valence-corrected chi connectivity index (χ0v) is 16.9. The minimum atomic E-state index is -4.41. The monoisotopic (exact) mass is 434 g/mol. The molecule has 2 atom stereocenters. The number of nitrogens with one attached hydrogen (secondary N) is 1. The van der Waals surface area contributed by atoms with Gasteiger partial charge in [-0.2, -0.15) is 13.2 Å². The summed E-state index contributed by atoms with van der Waals surface area (Å²) in [5.74, 6) is -0.354. The summed E-state index contributed by atoms with van der Waals surface area (Å²) in [5.41, 5.74) is 0.570. The molecule has 166 valence electrons. The highest BCUT2D eigenvalue weighted by atomic mass is 19.4. The third-order valence-corrected chi connectivity index (χ3v) is 5.49. The van der Waals surface area contributed by atoms with Crippen molar-refractivity contribution in [1.29, 1.82) is 0 Å². The summed E-state index contributed by atoms with van der Waals surface area (Å²) < 4.78 is 38.7. The Labute approximate surface area is 178 Å². The SMILES string of the molecule is O=C(CC1CC(c2ccc(C(F)(F)F)cc2)CN(C(=O)NCCO)C1)c1ccccc1. The Morgan fingerprint density at radius 1 is 1.03 bits per heavy atom. The van der Waals surface area contributed by atoms with E-state index in [2.05, 4.69) is 5.32 Å². The molecular weight excluding hydrogens is 409 g/mol. The molecule has 0 aliphatic carbocycles. The van der Waals surface area contributed by atoms with Gasteiger partial charge in [0.15, 0.2) is 5.78 Å². The van der Waals surface area contributed by atoms with Crippen LogP contribution in [0, 0.1) is 5.92 Å². The maximum atomic E-state index is 12.9. The summed E-state index contributed by atoms with van der Waals surface area (Å²) >= 11 is 0. The molecule has 1 fully saturated rings. The molecule has 5 nitrogen and oxygen atoms in total. The van der Waals surface area contributed by atoms with Gasteiger partial charge in [0.05, 0.1) is 12.2 Å². The van der Waals surface area contributed by atoms with Crippen LogP contribution in [0.1, 0.15) is 40.2 Å². The molecule has 1 saturated heterocycles. The fourth-order valence-electron chi connectivity index (χ4n) is 3.98. The van der Waals surface area contributed by atoms with E-state index in [1.165, 1.54) is 12.1 Å². The smallest absolute Gasteiger partial charge is 0.395 e. The number of rotatable bonds is 6. The molecule has 2 N–H and O–H groups in total. The summed E-state index contributed by atoms with van der Waals surface area (Å²) in [5, 5.41) is 11.6. The largest absolute Gasteiger partial charge is 0.416 e. The quantitative estimate of drug-likeness (QED) is 0.673. The van der Waals surface area contributed by atoms with Gasteiger partial charge in [-0.05, 0) is 30.0 Å². The second-order valence-corrected chi connectivity index (χ2v) is 7.77. The van der Waals surface area contributed by atoms with Crippen LogP contribution in [-0.4, -0.2) is 48.1 Å². The summed E-state index contributed by atoms with van der Waals surface area (Å²) in [4.78, 5) is 26.7. The van der Waals surface area contributed by atoms with Gasteiger partial charge in [-0.15, -0.1) is 0 Å². The number of carbonyl (C=O) groups excluding carboxylic acids is 2. The van der Waals surface area contributed by atoms with Crippen molar-refractivity contribution in [2.45, 2.75) is 24.9 Å². The van der Waals surface area contributed by atoms with Gasteiger partial charge in [0.2, 0.25) is 0 Å². The number of hydrogen-bond acceptors (Lipinski definition) is 3. The van der Waals surface area contributed by atoms with Crippen molar-refractivity contribution in [2.75, 3.05) is 26.2 Å². The molecule has 0 aromatic heterocycles. The molecule has 2 aromatic carbocycles. The van der Waals surface area contributed by atoms with Crippen LogP contribution in [0.5, 0.6) is 0 Å². The number of amides is 2. The highest BCUT2D eigenvalue weighted by Crippen LogP contribution is 2.35. The summed E-state index contributed by atoms with van der Waals surface area (Å²) in [6, 6.07) is 13.5. The number of alkyl halides is 3. The van der Waals surface area contributed by atoms with E-state index in [1.54, 1.807) is 29.2 Å². The van der Waals surface area contributed by atoms with Crippen LogP contribution in [0.15, 0.2) is 54.6 Å². The first kappa shape index (κ1) is 22.8. The van der Waals surface area contributed by atoms with E-state index >= 15 is 0 Å². The van der Waals surface area contributed by atoms with Crippen molar-refractivity contribution in [1.82, 2.24) is 10.2 Å². The first-order chi connectivity index (χ1) is 14.8. The van der Waals surface area contributed by atoms with Crippen molar-refractivity contribution in [3.8, 4) is 0 Å². The number of urea groups is 1. The molecule has 0 radical (unpaired) electrons. The van der Waals surface area contributed by atoms with Crippen molar-refractivity contribution in [3.05, 3.63) is 71.3 Å². The zero-order valence-electron chi connectivity index (χ0n) is 16.9. The average molecular weight is 434 g/mol. The Morgan fingerprint density at radius 3 is 2.32 bits per heavy atom. The number of hydrogen-bond donors (Lipinski definition) is 2. The molecule has 1 aliphatic heterocycles. The minimum Gasteiger partial charge on any atom is -0.395 e. The maximum absolute atomic E-state index is 12.9. The second-order valence-electron chi connectivity index (χ2n) is 7.77. The lowest BCUT2D eigenvalue weighted by Gasteiger charge is -2.38. The lowest BCUT2D eigenvalue weighted by molar-refractivity contribution is -0.137. The molecule has 2 aromatic rings. The molecule has 1 aliphatic rings. The number of aliphatic hydroxyl groups is 1. The van der Waals surface area contributed by atoms with Gasteiger partial charge in [-0.3, -0.25) is 4.79 Å². The lowest BCUT2D eigenvalue weighted by Crippen LogP contribution is -2.48. The molecule has 2 amide bonds. The first-order valence-electron chi connectivity index (χ1n) is 10.2. The summed E-state index contributed by atoms with van der Waals surface area (Å²) in [6.45, 7) is 0.608. The summed E-state index contributed by atoms with van der Waals surface area (Å²) in [7, 11) is 0.